The summed E-state index contributed by atoms with van der Waals surface area (Å²) in [6, 6.07) is 1.88. The number of hydrogen-bond acceptors (Lipinski definition) is 5. The fraction of sp³-hybridized carbons (Fsp3) is 0.250. The van der Waals surface area contributed by atoms with Crippen LogP contribution in [0.5, 0.6) is 0 Å². The van der Waals surface area contributed by atoms with E-state index >= 15 is 0 Å². The van der Waals surface area contributed by atoms with Crippen molar-refractivity contribution in [1.82, 2.24) is 10.2 Å². The Morgan fingerprint density at radius 2 is 2.22 bits per heavy atom. The normalized spacial score (nSPS) is 10.3. The first-order chi connectivity index (χ1) is 8.59. The van der Waals surface area contributed by atoms with Crippen molar-refractivity contribution in [3.05, 3.63) is 41.0 Å². The van der Waals surface area contributed by atoms with Crippen molar-refractivity contribution < 1.29 is 4.42 Å². The van der Waals surface area contributed by atoms with Gasteiger partial charge in [-0.2, -0.15) is 5.10 Å². The number of nitrogens with one attached hydrogen (secondary N) is 1. The molecule has 0 aliphatic carbocycles. The first kappa shape index (κ1) is 12.5. The van der Waals surface area contributed by atoms with Gasteiger partial charge >= 0.3 is 0 Å². The van der Waals surface area contributed by atoms with E-state index in [4.69, 9.17) is 22.4 Å². The second-order valence-electron chi connectivity index (χ2n) is 3.98. The summed E-state index contributed by atoms with van der Waals surface area (Å²) in [6.45, 7) is 4.40. The number of nitrogens with two attached hydrogens (primary N) is 1. The maximum Gasteiger partial charge on any atom is 0.159 e. The largest absolute Gasteiger partial charge is 0.472 e. The summed E-state index contributed by atoms with van der Waals surface area (Å²) >= 11 is 5.06. The van der Waals surface area contributed by atoms with Gasteiger partial charge in [-0.05, 0) is 25.5 Å². The number of aryl methyl sites for hydroxylation is 1. The Labute approximate surface area is 110 Å². The molecule has 0 aromatic carbocycles. The summed E-state index contributed by atoms with van der Waals surface area (Å²) in [4.78, 5) is 0.320. The molecule has 3 N–H and O–H groups in total. The highest BCUT2D eigenvalue weighted by atomic mass is 32.1. The van der Waals surface area contributed by atoms with Crippen molar-refractivity contribution in [2.24, 2.45) is 5.73 Å². The predicted octanol–water partition coefficient (Wildman–Crippen LogP) is 1.93. The molecule has 0 spiro atoms. The van der Waals surface area contributed by atoms with Crippen LogP contribution in [0.4, 0.5) is 5.82 Å². The summed E-state index contributed by atoms with van der Waals surface area (Å²) < 4.78 is 5.00. The Morgan fingerprint density at radius 1 is 1.44 bits per heavy atom. The van der Waals surface area contributed by atoms with Crippen molar-refractivity contribution in [1.29, 1.82) is 0 Å². The molecule has 0 atom stereocenters. The number of thiocarbonyl (C=S) groups is 1. The van der Waals surface area contributed by atoms with Crippen LogP contribution >= 0.6 is 12.2 Å². The molecule has 0 bridgehead atoms. The molecule has 2 heterocycles. The third-order valence-electron chi connectivity index (χ3n) is 2.74. The van der Waals surface area contributed by atoms with Gasteiger partial charge in [-0.3, -0.25) is 0 Å². The van der Waals surface area contributed by atoms with Crippen molar-refractivity contribution in [3.63, 3.8) is 0 Å². The third kappa shape index (κ3) is 2.48. The predicted molar refractivity (Wildman–Crippen MR) is 73.4 cm³/mol. The smallest absolute Gasteiger partial charge is 0.159 e. The molecule has 5 nitrogen and oxygen atoms in total. The SMILES string of the molecule is Cc1nnc(NCc2ccoc2)c(C(N)=S)c1C. The van der Waals surface area contributed by atoms with Crippen molar-refractivity contribution in [2.45, 2.75) is 20.4 Å². The Morgan fingerprint density at radius 3 is 2.83 bits per heavy atom. The van der Waals surface area contributed by atoms with Gasteiger partial charge in [-0.25, -0.2) is 0 Å². The number of rotatable bonds is 4. The number of aromatic nitrogens is 2. The van der Waals surface area contributed by atoms with E-state index in [1.54, 1.807) is 12.5 Å². The molecule has 0 aliphatic heterocycles. The number of furan rings is 1. The Bertz CT molecular complexity index is 566. The van der Waals surface area contributed by atoms with E-state index in [1.165, 1.54) is 0 Å². The van der Waals surface area contributed by atoms with Crippen LogP contribution in [0.2, 0.25) is 0 Å². The average molecular weight is 262 g/mol. The molecule has 2 aromatic heterocycles. The van der Waals surface area contributed by atoms with Crippen LogP contribution in [-0.2, 0) is 6.54 Å². The molecule has 0 amide bonds. The summed E-state index contributed by atoms with van der Waals surface area (Å²) in [6.07, 6.45) is 3.29. The second kappa shape index (κ2) is 5.14. The fourth-order valence-corrected chi connectivity index (χ4v) is 1.86. The molecule has 0 fully saturated rings. The van der Waals surface area contributed by atoms with E-state index in [-0.39, 0.29) is 0 Å². The molecule has 18 heavy (non-hydrogen) atoms. The minimum absolute atomic E-state index is 0.320. The minimum atomic E-state index is 0.320. The summed E-state index contributed by atoms with van der Waals surface area (Å²) in [5.41, 5.74) is 9.28. The zero-order valence-corrected chi connectivity index (χ0v) is 11.0. The Balaban J connectivity index is 2.27. The van der Waals surface area contributed by atoms with Gasteiger partial charge in [0, 0.05) is 12.1 Å². The molecular formula is C12H14N4OS. The number of hydrogen-bond donors (Lipinski definition) is 2. The number of anilines is 1. The summed E-state index contributed by atoms with van der Waals surface area (Å²) in [5.74, 6) is 0.604. The van der Waals surface area contributed by atoms with E-state index in [1.807, 2.05) is 19.9 Å². The maximum atomic E-state index is 5.74. The van der Waals surface area contributed by atoms with E-state index < -0.39 is 0 Å². The number of nitrogens with zero attached hydrogens (tertiary/aromatic N) is 2. The Hall–Kier alpha value is -1.95. The van der Waals surface area contributed by atoms with Gasteiger partial charge in [0.2, 0.25) is 0 Å². The minimum Gasteiger partial charge on any atom is -0.472 e. The fourth-order valence-electron chi connectivity index (χ4n) is 1.61. The maximum absolute atomic E-state index is 5.74. The lowest BCUT2D eigenvalue weighted by Crippen LogP contribution is -2.18. The van der Waals surface area contributed by atoms with Crippen LogP contribution in [-0.4, -0.2) is 15.2 Å². The van der Waals surface area contributed by atoms with E-state index in [0.29, 0.717) is 17.4 Å². The molecule has 0 unspecified atom stereocenters. The van der Waals surface area contributed by atoms with Gasteiger partial charge in [-0.1, -0.05) is 12.2 Å². The summed E-state index contributed by atoms with van der Waals surface area (Å²) in [5, 5.41) is 11.3. The quantitative estimate of drug-likeness (QED) is 0.820. The highest BCUT2D eigenvalue weighted by molar-refractivity contribution is 7.80. The van der Waals surface area contributed by atoms with E-state index in [9.17, 15) is 0 Å². The molecular weight excluding hydrogens is 248 g/mol. The monoisotopic (exact) mass is 262 g/mol. The van der Waals surface area contributed by atoms with Crippen molar-refractivity contribution in [3.8, 4) is 0 Å². The van der Waals surface area contributed by atoms with Crippen molar-refractivity contribution >= 4 is 23.0 Å². The summed E-state index contributed by atoms with van der Waals surface area (Å²) in [7, 11) is 0. The zero-order chi connectivity index (χ0) is 13.1. The van der Waals surface area contributed by atoms with E-state index in [2.05, 4.69) is 15.5 Å². The van der Waals surface area contributed by atoms with Crippen LogP contribution in [0.1, 0.15) is 22.4 Å². The molecule has 0 saturated carbocycles. The molecule has 0 aliphatic rings. The Kier molecular flexibility index (Phi) is 3.57. The molecule has 0 radical (unpaired) electrons. The molecule has 2 rings (SSSR count). The van der Waals surface area contributed by atoms with Crippen LogP contribution in [0.25, 0.3) is 0 Å². The van der Waals surface area contributed by atoms with Crippen molar-refractivity contribution in [2.75, 3.05) is 5.32 Å². The van der Waals surface area contributed by atoms with Crippen LogP contribution in [0.3, 0.4) is 0 Å². The molecule has 6 heteroatoms. The van der Waals surface area contributed by atoms with Crippen LogP contribution in [0.15, 0.2) is 23.0 Å². The first-order valence-corrected chi connectivity index (χ1v) is 5.89. The van der Waals surface area contributed by atoms with Gasteiger partial charge < -0.3 is 15.5 Å². The standard InChI is InChI=1S/C12H14N4OS/c1-7-8(2)15-16-12(10(7)11(13)18)14-5-9-3-4-17-6-9/h3-4,6H,5H2,1-2H3,(H2,13,18)(H,14,16). The van der Waals surface area contributed by atoms with Gasteiger partial charge in [-0.15, -0.1) is 5.10 Å². The highest BCUT2D eigenvalue weighted by Crippen LogP contribution is 2.19. The lowest BCUT2D eigenvalue weighted by atomic mass is 10.1. The van der Waals surface area contributed by atoms with Gasteiger partial charge in [0.1, 0.15) is 4.99 Å². The lowest BCUT2D eigenvalue weighted by molar-refractivity contribution is 0.564. The molecule has 2 aromatic rings. The topological polar surface area (TPSA) is 77.0 Å². The average Bonchev–Trinajstić information content (AvgIpc) is 2.83. The van der Waals surface area contributed by atoms with Crippen LogP contribution in [0, 0.1) is 13.8 Å². The molecule has 94 valence electrons. The zero-order valence-electron chi connectivity index (χ0n) is 10.2. The first-order valence-electron chi connectivity index (χ1n) is 5.48. The van der Waals surface area contributed by atoms with E-state index in [0.717, 1.165) is 22.4 Å². The van der Waals surface area contributed by atoms with Gasteiger partial charge in [0.25, 0.3) is 0 Å². The highest BCUT2D eigenvalue weighted by Gasteiger charge is 2.13. The van der Waals surface area contributed by atoms with Gasteiger partial charge in [0.05, 0.1) is 23.8 Å². The second-order valence-corrected chi connectivity index (χ2v) is 4.42. The van der Waals surface area contributed by atoms with Crippen LogP contribution < -0.4 is 11.1 Å². The van der Waals surface area contributed by atoms with Gasteiger partial charge in [0.15, 0.2) is 5.82 Å². The lowest BCUT2D eigenvalue weighted by Gasteiger charge is -2.12. The molecule has 0 saturated heterocycles. The third-order valence-corrected chi connectivity index (χ3v) is 2.95.